The van der Waals surface area contributed by atoms with Crippen LogP contribution in [0.3, 0.4) is 0 Å². The van der Waals surface area contributed by atoms with Crippen molar-refractivity contribution in [1.82, 2.24) is 29.6 Å². The summed E-state index contributed by atoms with van der Waals surface area (Å²) in [7, 11) is 0. The van der Waals surface area contributed by atoms with Crippen LogP contribution in [-0.4, -0.2) is 49.4 Å². The number of piperidine rings is 1. The SMILES string of the molecule is Cc1cn2c(-c3ccnc(NC4CCCN(C(=O)NCc5ccccc5)C4)n3)c(-c3ccc(F)cc3)nc2s1. The standard InChI is InChI=1S/C29H28FN7OS/c1-19-17-37-26(25(35-29(37)39-19)21-9-11-22(30)12-10-21)24-13-14-31-27(34-24)33-23-8-5-15-36(18-23)28(38)32-16-20-6-3-2-4-7-20/h2-4,6-7,9-14,17,23H,5,8,15-16,18H2,1H3,(H,32,38)(H,31,33,34). The van der Waals surface area contributed by atoms with E-state index in [2.05, 4.69) is 15.6 Å². The van der Waals surface area contributed by atoms with Crippen molar-refractivity contribution in [3.05, 3.63) is 89.3 Å². The first kappa shape index (κ1) is 25.0. The van der Waals surface area contributed by atoms with Gasteiger partial charge in [-0.05, 0) is 55.7 Å². The van der Waals surface area contributed by atoms with Crippen molar-refractivity contribution in [2.75, 3.05) is 18.4 Å². The van der Waals surface area contributed by atoms with Crippen molar-refractivity contribution in [3.8, 4) is 22.6 Å². The minimum atomic E-state index is -0.291. The number of likely N-dealkylation sites (tertiary alicyclic amines) is 1. The van der Waals surface area contributed by atoms with E-state index in [1.165, 1.54) is 12.1 Å². The van der Waals surface area contributed by atoms with E-state index in [1.807, 2.05) is 58.8 Å². The number of carbonyl (C=O) groups is 1. The second-order valence-corrected chi connectivity index (χ2v) is 10.9. The van der Waals surface area contributed by atoms with Crippen molar-refractivity contribution >= 4 is 28.3 Å². The van der Waals surface area contributed by atoms with Gasteiger partial charge < -0.3 is 15.5 Å². The second kappa shape index (κ2) is 10.8. The number of thiazole rings is 1. The van der Waals surface area contributed by atoms with Gasteiger partial charge in [0.25, 0.3) is 0 Å². The third-order valence-electron chi connectivity index (χ3n) is 6.79. The molecule has 0 saturated carbocycles. The largest absolute Gasteiger partial charge is 0.350 e. The number of nitrogens with zero attached hydrogens (tertiary/aromatic N) is 5. The highest BCUT2D eigenvalue weighted by molar-refractivity contribution is 7.17. The topological polar surface area (TPSA) is 87.5 Å². The highest BCUT2D eigenvalue weighted by Crippen LogP contribution is 2.34. The Morgan fingerprint density at radius 1 is 1.10 bits per heavy atom. The molecule has 1 fully saturated rings. The molecule has 5 aromatic rings. The van der Waals surface area contributed by atoms with Crippen molar-refractivity contribution in [3.63, 3.8) is 0 Å². The number of rotatable bonds is 6. The van der Waals surface area contributed by atoms with Gasteiger partial charge in [0.2, 0.25) is 5.95 Å². The van der Waals surface area contributed by atoms with Crippen LogP contribution in [0, 0.1) is 12.7 Å². The fourth-order valence-corrected chi connectivity index (χ4v) is 5.74. The number of imidazole rings is 1. The molecular formula is C29H28FN7OS. The average Bonchev–Trinajstić information content (AvgIpc) is 3.49. The molecule has 39 heavy (non-hydrogen) atoms. The fourth-order valence-electron chi connectivity index (χ4n) is 4.92. The Morgan fingerprint density at radius 3 is 2.74 bits per heavy atom. The number of carbonyl (C=O) groups excluding carboxylic acids is 1. The summed E-state index contributed by atoms with van der Waals surface area (Å²) < 4.78 is 15.6. The van der Waals surface area contributed by atoms with Gasteiger partial charge in [-0.15, -0.1) is 11.3 Å². The molecule has 0 spiro atoms. The Kier molecular flexibility index (Phi) is 6.93. The number of halogens is 1. The van der Waals surface area contributed by atoms with Crippen LogP contribution in [-0.2, 0) is 6.54 Å². The molecule has 0 radical (unpaired) electrons. The Morgan fingerprint density at radius 2 is 1.92 bits per heavy atom. The van der Waals surface area contributed by atoms with Crippen LogP contribution in [0.5, 0.6) is 0 Å². The van der Waals surface area contributed by atoms with Crippen molar-refractivity contribution < 1.29 is 9.18 Å². The number of hydrogen-bond acceptors (Lipinski definition) is 6. The van der Waals surface area contributed by atoms with Crippen molar-refractivity contribution in [2.45, 2.75) is 32.4 Å². The molecule has 198 valence electrons. The van der Waals surface area contributed by atoms with Crippen LogP contribution in [0.2, 0.25) is 0 Å². The number of benzene rings is 2. The van der Waals surface area contributed by atoms with E-state index >= 15 is 0 Å². The monoisotopic (exact) mass is 541 g/mol. The molecule has 2 amide bonds. The first-order valence-corrected chi connectivity index (χ1v) is 13.8. The van der Waals surface area contributed by atoms with E-state index in [4.69, 9.17) is 9.97 Å². The lowest BCUT2D eigenvalue weighted by Crippen LogP contribution is -2.49. The summed E-state index contributed by atoms with van der Waals surface area (Å²) in [5, 5.41) is 6.46. The lowest BCUT2D eigenvalue weighted by atomic mass is 10.1. The molecule has 6 rings (SSSR count). The number of aryl methyl sites for hydroxylation is 1. The number of amides is 2. The Bertz CT molecular complexity index is 1600. The molecule has 2 N–H and O–H groups in total. The minimum Gasteiger partial charge on any atom is -0.350 e. The summed E-state index contributed by atoms with van der Waals surface area (Å²) in [6, 6.07) is 18.1. The maximum absolute atomic E-state index is 13.6. The Hall–Kier alpha value is -4.31. The van der Waals surface area contributed by atoms with E-state index in [9.17, 15) is 9.18 Å². The third-order valence-corrected chi connectivity index (χ3v) is 7.68. The van der Waals surface area contributed by atoms with Gasteiger partial charge in [-0.25, -0.2) is 24.1 Å². The molecule has 10 heteroatoms. The zero-order valence-electron chi connectivity index (χ0n) is 21.5. The molecule has 1 aliphatic heterocycles. The summed E-state index contributed by atoms with van der Waals surface area (Å²) in [6.45, 7) is 3.82. The fraction of sp³-hybridized carbons (Fsp3) is 0.241. The van der Waals surface area contributed by atoms with Crippen molar-refractivity contribution in [2.24, 2.45) is 0 Å². The molecule has 3 aromatic heterocycles. The third kappa shape index (κ3) is 5.46. The maximum atomic E-state index is 13.6. The summed E-state index contributed by atoms with van der Waals surface area (Å²) in [5.74, 6) is 0.206. The van der Waals surface area contributed by atoms with E-state index < -0.39 is 0 Å². The average molecular weight is 542 g/mol. The number of fused-ring (bicyclic) bond motifs is 1. The van der Waals surface area contributed by atoms with E-state index in [-0.39, 0.29) is 17.9 Å². The maximum Gasteiger partial charge on any atom is 0.317 e. The van der Waals surface area contributed by atoms with Gasteiger partial charge in [0.05, 0.1) is 11.4 Å². The predicted octanol–water partition coefficient (Wildman–Crippen LogP) is 5.75. The number of aromatic nitrogens is 4. The molecule has 1 atom stereocenters. The normalized spacial score (nSPS) is 15.4. The minimum absolute atomic E-state index is 0.0295. The van der Waals surface area contributed by atoms with Crippen LogP contribution in [0.1, 0.15) is 23.3 Å². The van der Waals surface area contributed by atoms with Crippen LogP contribution >= 0.6 is 11.3 Å². The van der Waals surface area contributed by atoms with Crippen LogP contribution in [0.15, 0.2) is 73.1 Å². The smallest absolute Gasteiger partial charge is 0.317 e. The summed E-state index contributed by atoms with van der Waals surface area (Å²) in [6.07, 6.45) is 5.57. The van der Waals surface area contributed by atoms with Gasteiger partial charge in [-0.2, -0.15) is 0 Å². The van der Waals surface area contributed by atoms with Gasteiger partial charge in [-0.1, -0.05) is 30.3 Å². The van der Waals surface area contributed by atoms with E-state index in [1.54, 1.807) is 29.7 Å². The van der Waals surface area contributed by atoms with E-state index in [0.717, 1.165) is 45.2 Å². The molecule has 2 aromatic carbocycles. The Balaban J connectivity index is 1.21. The molecule has 8 nitrogen and oxygen atoms in total. The first-order valence-electron chi connectivity index (χ1n) is 12.9. The van der Waals surface area contributed by atoms with Gasteiger partial charge in [-0.3, -0.25) is 4.40 Å². The molecule has 1 unspecified atom stereocenters. The lowest BCUT2D eigenvalue weighted by Gasteiger charge is -2.33. The molecule has 1 aliphatic rings. The zero-order chi connectivity index (χ0) is 26.8. The quantitative estimate of drug-likeness (QED) is 0.286. The van der Waals surface area contributed by atoms with Crippen molar-refractivity contribution in [1.29, 1.82) is 0 Å². The van der Waals surface area contributed by atoms with Gasteiger partial charge >= 0.3 is 6.03 Å². The zero-order valence-corrected chi connectivity index (χ0v) is 22.3. The molecule has 0 bridgehead atoms. The molecule has 4 heterocycles. The number of urea groups is 1. The van der Waals surface area contributed by atoms with Gasteiger partial charge in [0, 0.05) is 48.5 Å². The van der Waals surface area contributed by atoms with Crippen LogP contribution < -0.4 is 10.6 Å². The lowest BCUT2D eigenvalue weighted by molar-refractivity contribution is 0.182. The summed E-state index contributed by atoms with van der Waals surface area (Å²) in [4.78, 5) is 30.8. The molecular weight excluding hydrogens is 513 g/mol. The number of hydrogen-bond donors (Lipinski definition) is 2. The van der Waals surface area contributed by atoms with Crippen LogP contribution in [0.4, 0.5) is 15.1 Å². The molecule has 1 saturated heterocycles. The predicted molar refractivity (Wildman–Crippen MR) is 151 cm³/mol. The first-order chi connectivity index (χ1) is 19.0. The summed E-state index contributed by atoms with van der Waals surface area (Å²) in [5.41, 5.74) is 4.17. The Labute approximate surface area is 229 Å². The van der Waals surface area contributed by atoms with Gasteiger partial charge in [0.15, 0.2) is 4.96 Å². The molecule has 0 aliphatic carbocycles. The highest BCUT2D eigenvalue weighted by atomic mass is 32.1. The van der Waals surface area contributed by atoms with Crippen LogP contribution in [0.25, 0.3) is 27.6 Å². The van der Waals surface area contributed by atoms with Gasteiger partial charge in [0.1, 0.15) is 11.5 Å². The number of anilines is 1. The number of nitrogens with one attached hydrogen (secondary N) is 2. The second-order valence-electron chi connectivity index (χ2n) is 9.65. The highest BCUT2D eigenvalue weighted by Gasteiger charge is 2.25. The van der Waals surface area contributed by atoms with E-state index in [0.29, 0.717) is 31.3 Å². The summed E-state index contributed by atoms with van der Waals surface area (Å²) >= 11 is 1.59.